The Kier molecular flexibility index (Phi) is 6.56. The number of esters is 1. The van der Waals surface area contributed by atoms with E-state index in [1.165, 1.54) is 12.0 Å². The highest BCUT2D eigenvalue weighted by molar-refractivity contribution is 5.94. The number of para-hydroxylation sites is 1. The number of methoxy groups -OCH3 is 1. The average Bonchev–Trinajstić information content (AvgIpc) is 3.16. The molecule has 1 fully saturated rings. The number of carboxylic acids is 1. The van der Waals surface area contributed by atoms with Crippen molar-refractivity contribution in [2.45, 2.75) is 25.4 Å². The Morgan fingerprint density at radius 1 is 1.10 bits per heavy atom. The van der Waals surface area contributed by atoms with E-state index in [-0.39, 0.29) is 13.0 Å². The van der Waals surface area contributed by atoms with Gasteiger partial charge in [-0.1, -0.05) is 30.3 Å². The smallest absolute Gasteiger partial charge is 0.326 e. The molecule has 0 radical (unpaired) electrons. The van der Waals surface area contributed by atoms with Gasteiger partial charge in [-0.05, 0) is 43.2 Å². The highest BCUT2D eigenvalue weighted by Gasteiger charge is 2.51. The number of rotatable bonds is 6. The minimum atomic E-state index is -1.18. The third-order valence-electron chi connectivity index (χ3n) is 5.09. The summed E-state index contributed by atoms with van der Waals surface area (Å²) in [5.74, 6) is -1.90. The quantitative estimate of drug-likeness (QED) is 0.706. The highest BCUT2D eigenvalue weighted by Crippen LogP contribution is 2.42. The maximum absolute atomic E-state index is 13.1. The Hall–Kier alpha value is -3.55. The maximum Gasteiger partial charge on any atom is 0.326 e. The van der Waals surface area contributed by atoms with Crippen molar-refractivity contribution in [2.24, 2.45) is 5.92 Å². The molecule has 1 aliphatic heterocycles. The lowest BCUT2D eigenvalue weighted by Crippen LogP contribution is -2.44. The summed E-state index contributed by atoms with van der Waals surface area (Å²) in [5.41, 5.74) is 1.15. The lowest BCUT2D eigenvalue weighted by molar-refractivity contribution is -0.148. The molecule has 1 aliphatic rings. The first-order valence-electron chi connectivity index (χ1n) is 9.64. The molecule has 3 atom stereocenters. The summed E-state index contributed by atoms with van der Waals surface area (Å²) in [6.07, 6.45) is -0.0347. The number of ether oxygens (including phenoxy) is 2. The number of amides is 2. The third-order valence-corrected chi connectivity index (χ3v) is 5.09. The van der Waals surface area contributed by atoms with Gasteiger partial charge in [0.25, 0.3) is 0 Å². The molecule has 0 bridgehead atoms. The Labute approximate surface area is 174 Å². The van der Waals surface area contributed by atoms with E-state index in [1.807, 2.05) is 6.07 Å². The Morgan fingerprint density at radius 2 is 1.77 bits per heavy atom. The van der Waals surface area contributed by atoms with Gasteiger partial charge in [0.2, 0.25) is 0 Å². The normalized spacial score (nSPS) is 20.5. The second kappa shape index (κ2) is 9.30. The fourth-order valence-electron chi connectivity index (χ4n) is 3.74. The zero-order valence-electron chi connectivity index (χ0n) is 16.8. The largest absolute Gasteiger partial charge is 0.497 e. The first-order chi connectivity index (χ1) is 14.5. The first-order valence-corrected chi connectivity index (χ1v) is 9.64. The molecule has 0 aliphatic carbocycles. The van der Waals surface area contributed by atoms with E-state index in [1.54, 1.807) is 55.5 Å². The Morgan fingerprint density at radius 3 is 2.33 bits per heavy atom. The number of benzene rings is 2. The minimum absolute atomic E-state index is 0.0347. The van der Waals surface area contributed by atoms with E-state index in [2.05, 4.69) is 5.32 Å². The second-order valence-electron chi connectivity index (χ2n) is 6.87. The molecule has 2 aromatic carbocycles. The van der Waals surface area contributed by atoms with Gasteiger partial charge in [-0.3, -0.25) is 4.79 Å². The Balaban J connectivity index is 2.01. The SMILES string of the molecule is CCOC(=O)C1CC(C(=O)O)N(C(=O)Nc2ccccc2)C1c1ccc(OC)cc1. The lowest BCUT2D eigenvalue weighted by Gasteiger charge is -2.30. The van der Waals surface area contributed by atoms with Crippen LogP contribution in [0, 0.1) is 5.92 Å². The fraction of sp³-hybridized carbons (Fsp3) is 0.318. The molecule has 8 nitrogen and oxygen atoms in total. The number of carbonyl (C=O) groups excluding carboxylic acids is 2. The van der Waals surface area contributed by atoms with Gasteiger partial charge in [0.05, 0.1) is 25.7 Å². The number of anilines is 1. The zero-order valence-corrected chi connectivity index (χ0v) is 16.8. The molecule has 1 saturated heterocycles. The maximum atomic E-state index is 13.1. The molecule has 1 heterocycles. The predicted octanol–water partition coefficient (Wildman–Crippen LogP) is 3.31. The van der Waals surface area contributed by atoms with Crippen molar-refractivity contribution in [1.29, 1.82) is 0 Å². The van der Waals surface area contributed by atoms with E-state index in [9.17, 15) is 19.5 Å². The summed E-state index contributed by atoms with van der Waals surface area (Å²) in [4.78, 5) is 39.0. The average molecular weight is 412 g/mol. The van der Waals surface area contributed by atoms with Gasteiger partial charge in [-0.25, -0.2) is 9.59 Å². The Bertz CT molecular complexity index is 900. The summed E-state index contributed by atoms with van der Waals surface area (Å²) in [5, 5.41) is 12.5. The molecule has 2 N–H and O–H groups in total. The van der Waals surface area contributed by atoms with Crippen LogP contribution in [0.15, 0.2) is 54.6 Å². The third kappa shape index (κ3) is 4.37. The molecule has 2 aromatic rings. The van der Waals surface area contributed by atoms with E-state index < -0.39 is 36.0 Å². The van der Waals surface area contributed by atoms with Crippen LogP contribution >= 0.6 is 0 Å². The molecular formula is C22H24N2O6. The second-order valence-corrected chi connectivity index (χ2v) is 6.87. The molecule has 3 rings (SSSR count). The van der Waals surface area contributed by atoms with Crippen molar-refractivity contribution >= 4 is 23.7 Å². The van der Waals surface area contributed by atoms with Crippen LogP contribution in [0.1, 0.15) is 24.9 Å². The number of hydrogen-bond donors (Lipinski definition) is 2. The molecule has 8 heteroatoms. The summed E-state index contributed by atoms with van der Waals surface area (Å²) < 4.78 is 10.4. The van der Waals surface area contributed by atoms with Gasteiger partial charge in [-0.2, -0.15) is 0 Å². The predicted molar refractivity (Wildman–Crippen MR) is 109 cm³/mol. The summed E-state index contributed by atoms with van der Waals surface area (Å²) in [6, 6.07) is 13.0. The van der Waals surface area contributed by atoms with E-state index in [0.717, 1.165) is 0 Å². The van der Waals surface area contributed by atoms with Crippen LogP contribution in [0.4, 0.5) is 10.5 Å². The van der Waals surface area contributed by atoms with Crippen molar-refractivity contribution in [3.05, 3.63) is 60.2 Å². The van der Waals surface area contributed by atoms with Crippen LogP contribution < -0.4 is 10.1 Å². The molecule has 158 valence electrons. The molecule has 30 heavy (non-hydrogen) atoms. The molecule has 0 saturated carbocycles. The first kappa shape index (κ1) is 21.2. The van der Waals surface area contributed by atoms with Gasteiger partial charge >= 0.3 is 18.0 Å². The number of aliphatic carboxylic acids is 1. The van der Waals surface area contributed by atoms with Crippen molar-refractivity contribution in [3.63, 3.8) is 0 Å². The molecule has 0 aromatic heterocycles. The summed E-state index contributed by atoms with van der Waals surface area (Å²) in [6.45, 7) is 1.85. The topological polar surface area (TPSA) is 105 Å². The van der Waals surface area contributed by atoms with Gasteiger partial charge < -0.3 is 24.8 Å². The number of carbonyl (C=O) groups is 3. The van der Waals surface area contributed by atoms with Crippen LogP contribution in [-0.2, 0) is 14.3 Å². The van der Waals surface area contributed by atoms with E-state index in [0.29, 0.717) is 17.0 Å². The lowest BCUT2D eigenvalue weighted by atomic mass is 9.93. The van der Waals surface area contributed by atoms with Crippen LogP contribution in [0.3, 0.4) is 0 Å². The number of urea groups is 1. The van der Waals surface area contributed by atoms with Crippen LogP contribution in [0.5, 0.6) is 5.75 Å². The van der Waals surface area contributed by atoms with Crippen molar-refractivity contribution < 1.29 is 29.0 Å². The van der Waals surface area contributed by atoms with Gasteiger partial charge in [0.15, 0.2) is 0 Å². The standard InChI is InChI=1S/C22H24N2O6/c1-3-30-21(27)17-13-18(20(25)26)24(22(28)23-15-7-5-4-6-8-15)19(17)14-9-11-16(29-2)12-10-14/h4-12,17-19H,3,13H2,1-2H3,(H,23,28)(H,25,26). The molecule has 0 spiro atoms. The van der Waals surface area contributed by atoms with Crippen LogP contribution in [0.2, 0.25) is 0 Å². The highest BCUT2D eigenvalue weighted by atomic mass is 16.5. The number of carboxylic acid groups (broad SMARTS) is 1. The van der Waals surface area contributed by atoms with Crippen molar-refractivity contribution in [3.8, 4) is 5.75 Å². The van der Waals surface area contributed by atoms with Gasteiger partial charge in [-0.15, -0.1) is 0 Å². The van der Waals surface area contributed by atoms with Crippen LogP contribution in [0.25, 0.3) is 0 Å². The molecular weight excluding hydrogens is 388 g/mol. The van der Waals surface area contributed by atoms with Crippen LogP contribution in [-0.4, -0.2) is 47.7 Å². The number of nitrogens with one attached hydrogen (secondary N) is 1. The van der Waals surface area contributed by atoms with Crippen molar-refractivity contribution in [2.75, 3.05) is 19.0 Å². The van der Waals surface area contributed by atoms with Gasteiger partial charge in [0, 0.05) is 5.69 Å². The van der Waals surface area contributed by atoms with E-state index >= 15 is 0 Å². The summed E-state index contributed by atoms with van der Waals surface area (Å²) in [7, 11) is 1.53. The number of likely N-dealkylation sites (tertiary alicyclic amines) is 1. The molecule has 2 amide bonds. The minimum Gasteiger partial charge on any atom is -0.497 e. The van der Waals surface area contributed by atoms with E-state index in [4.69, 9.17) is 9.47 Å². The van der Waals surface area contributed by atoms with Gasteiger partial charge in [0.1, 0.15) is 11.8 Å². The number of nitrogens with zero attached hydrogens (tertiary/aromatic N) is 1. The summed E-state index contributed by atoms with van der Waals surface area (Å²) >= 11 is 0. The zero-order chi connectivity index (χ0) is 21.7. The number of hydrogen-bond acceptors (Lipinski definition) is 5. The molecule has 3 unspecified atom stereocenters. The fourth-order valence-corrected chi connectivity index (χ4v) is 3.74. The van der Waals surface area contributed by atoms with Crippen molar-refractivity contribution in [1.82, 2.24) is 4.90 Å². The monoisotopic (exact) mass is 412 g/mol.